The Bertz CT molecular complexity index is 556. The van der Waals surface area contributed by atoms with Gasteiger partial charge >= 0.3 is 0 Å². The molecule has 0 unspecified atom stereocenters. The fourth-order valence-electron chi connectivity index (χ4n) is 1.26. The van der Waals surface area contributed by atoms with Crippen molar-refractivity contribution in [1.82, 2.24) is 4.90 Å². The first-order valence-electron chi connectivity index (χ1n) is 5.34. The van der Waals surface area contributed by atoms with Crippen molar-refractivity contribution >= 4 is 41.6 Å². The molecule has 0 spiro atoms. The zero-order valence-corrected chi connectivity index (χ0v) is 13.5. The number of hydrogen-bond donors (Lipinski definition) is 0. The number of carbonyl (C=O) groups excluding carboxylic acids is 1. The van der Waals surface area contributed by atoms with Crippen LogP contribution in [0.15, 0.2) is 20.0 Å². The van der Waals surface area contributed by atoms with Crippen LogP contribution < -0.4 is 0 Å². The number of hydrogen-bond acceptors (Lipinski definition) is 5. The van der Waals surface area contributed by atoms with Crippen LogP contribution in [0, 0.1) is 0 Å². The van der Waals surface area contributed by atoms with Crippen LogP contribution in [0.1, 0.15) is 17.5 Å². The van der Waals surface area contributed by atoms with Gasteiger partial charge in [-0.05, 0) is 22.9 Å². The maximum atomic E-state index is 11.9. The second kappa shape index (κ2) is 6.74. The van der Waals surface area contributed by atoms with Gasteiger partial charge in [0.25, 0.3) is 15.0 Å². The lowest BCUT2D eigenvalue weighted by atomic mass is 10.4. The van der Waals surface area contributed by atoms with Gasteiger partial charge in [-0.25, -0.2) is 8.42 Å². The van der Waals surface area contributed by atoms with Gasteiger partial charge in [-0.15, -0.1) is 0 Å². The van der Waals surface area contributed by atoms with E-state index < -0.39 is 15.0 Å². The molecule has 0 fully saturated rings. The van der Waals surface area contributed by atoms with E-state index in [1.165, 1.54) is 4.90 Å². The standard InChI is InChI=1S/C10H13BrClNO5S/c1-3-17-5-4-13(2)10(14)7-6-8(9(11)18-7)19(12,15)16/h6H,3-5H2,1-2H3. The van der Waals surface area contributed by atoms with Gasteiger partial charge < -0.3 is 14.1 Å². The Kier molecular flexibility index (Phi) is 5.84. The lowest BCUT2D eigenvalue weighted by molar-refractivity contribution is 0.0679. The quantitative estimate of drug-likeness (QED) is 0.563. The van der Waals surface area contributed by atoms with E-state index in [0.29, 0.717) is 19.8 Å². The molecule has 0 saturated heterocycles. The summed E-state index contributed by atoms with van der Waals surface area (Å²) in [4.78, 5) is 13.0. The highest BCUT2D eigenvalue weighted by Gasteiger charge is 2.24. The van der Waals surface area contributed by atoms with Crippen molar-refractivity contribution in [1.29, 1.82) is 0 Å². The monoisotopic (exact) mass is 373 g/mol. The molecule has 0 radical (unpaired) electrons. The van der Waals surface area contributed by atoms with Gasteiger partial charge in [-0.1, -0.05) is 0 Å². The summed E-state index contributed by atoms with van der Waals surface area (Å²) >= 11 is 2.91. The van der Waals surface area contributed by atoms with E-state index in [0.717, 1.165) is 6.07 Å². The van der Waals surface area contributed by atoms with Crippen LogP contribution in [0.5, 0.6) is 0 Å². The van der Waals surface area contributed by atoms with Crippen molar-refractivity contribution in [2.24, 2.45) is 0 Å². The molecule has 0 atom stereocenters. The van der Waals surface area contributed by atoms with Crippen LogP contribution in [0.3, 0.4) is 0 Å². The minimum atomic E-state index is -3.96. The summed E-state index contributed by atoms with van der Waals surface area (Å²) < 4.78 is 32.5. The fourth-order valence-corrected chi connectivity index (χ4v) is 3.29. The largest absolute Gasteiger partial charge is 0.443 e. The highest BCUT2D eigenvalue weighted by atomic mass is 79.9. The number of amides is 1. The molecular weight excluding hydrogens is 362 g/mol. The highest BCUT2D eigenvalue weighted by molar-refractivity contribution is 9.10. The van der Waals surface area contributed by atoms with Crippen molar-refractivity contribution in [2.45, 2.75) is 11.8 Å². The Morgan fingerprint density at radius 3 is 2.68 bits per heavy atom. The van der Waals surface area contributed by atoms with E-state index in [-0.39, 0.29) is 15.3 Å². The summed E-state index contributed by atoms with van der Waals surface area (Å²) in [5, 5.41) is 0. The third-order valence-electron chi connectivity index (χ3n) is 2.25. The van der Waals surface area contributed by atoms with E-state index in [4.69, 9.17) is 19.8 Å². The maximum Gasteiger partial charge on any atom is 0.289 e. The van der Waals surface area contributed by atoms with Crippen molar-refractivity contribution in [3.05, 3.63) is 16.5 Å². The lowest BCUT2D eigenvalue weighted by Gasteiger charge is -2.15. The zero-order chi connectivity index (χ0) is 14.6. The number of furan rings is 1. The molecule has 0 aliphatic carbocycles. The molecule has 19 heavy (non-hydrogen) atoms. The molecule has 1 amide bonds. The van der Waals surface area contributed by atoms with Gasteiger partial charge in [-0.3, -0.25) is 4.79 Å². The third kappa shape index (κ3) is 4.48. The number of ether oxygens (including phenoxy) is 1. The first-order chi connectivity index (χ1) is 8.77. The van der Waals surface area contributed by atoms with E-state index in [1.54, 1.807) is 7.05 Å². The Labute approximate surface area is 124 Å². The average molecular weight is 375 g/mol. The number of likely N-dealkylation sites (N-methyl/N-ethyl adjacent to an activating group) is 1. The van der Waals surface area contributed by atoms with Crippen LogP contribution in [0.2, 0.25) is 0 Å². The van der Waals surface area contributed by atoms with E-state index in [2.05, 4.69) is 15.9 Å². The molecule has 0 bridgehead atoms. The van der Waals surface area contributed by atoms with Crippen LogP contribution >= 0.6 is 26.6 Å². The molecule has 1 aromatic rings. The number of halogens is 2. The van der Waals surface area contributed by atoms with Crippen molar-refractivity contribution in [3.63, 3.8) is 0 Å². The topological polar surface area (TPSA) is 76.8 Å². The Morgan fingerprint density at radius 2 is 2.21 bits per heavy atom. The van der Waals surface area contributed by atoms with Gasteiger partial charge in [0, 0.05) is 36.9 Å². The Balaban J connectivity index is 2.84. The first kappa shape index (κ1) is 16.5. The van der Waals surface area contributed by atoms with Gasteiger partial charge in [0.1, 0.15) is 4.90 Å². The fraction of sp³-hybridized carbons (Fsp3) is 0.500. The normalized spacial score (nSPS) is 11.6. The maximum absolute atomic E-state index is 11.9. The van der Waals surface area contributed by atoms with Gasteiger partial charge in [0.15, 0.2) is 10.4 Å². The summed E-state index contributed by atoms with van der Waals surface area (Å²) in [7, 11) is 2.81. The van der Waals surface area contributed by atoms with Crippen LogP contribution in [0.4, 0.5) is 0 Å². The second-order valence-electron chi connectivity index (χ2n) is 3.61. The molecule has 6 nitrogen and oxygen atoms in total. The predicted molar refractivity (Wildman–Crippen MR) is 72.9 cm³/mol. The average Bonchev–Trinajstić information content (AvgIpc) is 2.70. The zero-order valence-electron chi connectivity index (χ0n) is 10.4. The molecule has 9 heteroatoms. The SMILES string of the molecule is CCOCCN(C)C(=O)c1cc(S(=O)(=O)Cl)c(Br)o1. The number of carbonyl (C=O) groups is 1. The summed E-state index contributed by atoms with van der Waals surface area (Å²) in [6, 6.07) is 1.09. The Morgan fingerprint density at radius 1 is 1.58 bits per heavy atom. The molecule has 1 heterocycles. The van der Waals surface area contributed by atoms with Gasteiger partial charge in [0.05, 0.1) is 6.61 Å². The first-order valence-corrected chi connectivity index (χ1v) is 8.44. The van der Waals surface area contributed by atoms with Crippen molar-refractivity contribution in [3.8, 4) is 0 Å². The molecule has 0 aliphatic heterocycles. The third-order valence-corrected chi connectivity index (χ3v) is 4.43. The predicted octanol–water partition coefficient (Wildman–Crippen LogP) is 2.08. The minimum absolute atomic E-state index is 0.0935. The van der Waals surface area contributed by atoms with Crippen molar-refractivity contribution in [2.75, 3.05) is 26.8 Å². The summed E-state index contributed by atoms with van der Waals surface area (Å²) in [5.74, 6) is -0.558. The lowest BCUT2D eigenvalue weighted by Crippen LogP contribution is -2.29. The smallest absolute Gasteiger partial charge is 0.289 e. The van der Waals surface area contributed by atoms with E-state index in [9.17, 15) is 13.2 Å². The second-order valence-corrected chi connectivity index (χ2v) is 6.86. The molecular formula is C10H13BrClNO5S. The number of rotatable bonds is 6. The summed E-state index contributed by atoms with van der Waals surface area (Å²) in [5.41, 5.74) is 0. The number of nitrogens with zero attached hydrogens (tertiary/aromatic N) is 1. The molecule has 0 aliphatic rings. The summed E-state index contributed by atoms with van der Waals surface area (Å²) in [6.07, 6.45) is 0. The molecule has 0 N–H and O–H groups in total. The molecule has 0 aromatic carbocycles. The molecule has 1 rings (SSSR count). The van der Waals surface area contributed by atoms with Gasteiger partial charge in [-0.2, -0.15) is 0 Å². The summed E-state index contributed by atoms with van der Waals surface area (Å²) in [6.45, 7) is 3.17. The van der Waals surface area contributed by atoms with Gasteiger partial charge in [0.2, 0.25) is 0 Å². The highest BCUT2D eigenvalue weighted by Crippen LogP contribution is 2.29. The van der Waals surface area contributed by atoms with Crippen LogP contribution in [-0.2, 0) is 13.8 Å². The molecule has 1 aromatic heterocycles. The molecule has 108 valence electrons. The van der Waals surface area contributed by atoms with E-state index in [1.807, 2.05) is 6.92 Å². The Hall–Kier alpha value is -0.570. The van der Waals surface area contributed by atoms with Crippen LogP contribution in [-0.4, -0.2) is 46.0 Å². The minimum Gasteiger partial charge on any atom is -0.443 e. The van der Waals surface area contributed by atoms with E-state index >= 15 is 0 Å². The molecule has 0 saturated carbocycles. The van der Waals surface area contributed by atoms with Crippen molar-refractivity contribution < 1.29 is 22.4 Å². The van der Waals surface area contributed by atoms with Crippen LogP contribution in [0.25, 0.3) is 0 Å².